The summed E-state index contributed by atoms with van der Waals surface area (Å²) in [6.07, 6.45) is 0. The summed E-state index contributed by atoms with van der Waals surface area (Å²) < 4.78 is 6.00. The van der Waals surface area contributed by atoms with Gasteiger partial charge in [0, 0.05) is 99.4 Å². The van der Waals surface area contributed by atoms with Crippen molar-refractivity contribution in [1.29, 1.82) is 0 Å². The van der Waals surface area contributed by atoms with Gasteiger partial charge in [-0.05, 0) is 73.2 Å². The Morgan fingerprint density at radius 1 is 0.640 bits per heavy atom. The summed E-state index contributed by atoms with van der Waals surface area (Å²) in [5.41, 5.74) is 4.17. The third kappa shape index (κ3) is 7.29. The third-order valence-corrected chi connectivity index (χ3v) is 10.2. The van der Waals surface area contributed by atoms with E-state index in [2.05, 4.69) is 45.6 Å². The molecule has 3 heterocycles. The highest BCUT2D eigenvalue weighted by Crippen LogP contribution is 2.27. The van der Waals surface area contributed by atoms with Gasteiger partial charge in [0.2, 0.25) is 11.7 Å². The van der Waals surface area contributed by atoms with Crippen molar-refractivity contribution in [2.45, 2.75) is 13.8 Å². The van der Waals surface area contributed by atoms with E-state index in [4.69, 9.17) is 4.42 Å². The monoisotopic (exact) mass is 671 g/mol. The van der Waals surface area contributed by atoms with Gasteiger partial charge in [-0.1, -0.05) is 36.4 Å². The van der Waals surface area contributed by atoms with Crippen LogP contribution in [0.5, 0.6) is 0 Å². The van der Waals surface area contributed by atoms with Crippen molar-refractivity contribution in [1.82, 2.24) is 14.7 Å². The van der Waals surface area contributed by atoms with Crippen molar-refractivity contribution in [2.24, 2.45) is 0 Å². The summed E-state index contributed by atoms with van der Waals surface area (Å²) in [6, 6.07) is 29.6. The lowest BCUT2D eigenvalue weighted by molar-refractivity contribution is -0.133. The molecule has 0 atom stereocenters. The Bertz CT molecular complexity index is 1980. The van der Waals surface area contributed by atoms with Crippen LogP contribution in [-0.4, -0.2) is 111 Å². The molecule has 9 nitrogen and oxygen atoms in total. The Labute approximate surface area is 293 Å². The smallest absolute Gasteiger partial charge is 0.236 e. The highest BCUT2D eigenvalue weighted by atomic mass is 16.3. The minimum absolute atomic E-state index is 0.134. The van der Waals surface area contributed by atoms with Crippen molar-refractivity contribution < 1.29 is 18.8 Å². The summed E-state index contributed by atoms with van der Waals surface area (Å²) in [5.74, 6) is 0.494. The van der Waals surface area contributed by atoms with Gasteiger partial charge in [0.1, 0.15) is 5.58 Å². The van der Waals surface area contributed by atoms with E-state index in [9.17, 15) is 14.4 Å². The molecule has 2 saturated heterocycles. The molecule has 4 aromatic carbocycles. The molecule has 7 rings (SSSR count). The maximum Gasteiger partial charge on any atom is 0.236 e. The molecule has 0 bridgehead atoms. The molecule has 1 aromatic heterocycles. The SMILES string of the molecule is CCN(CC)c1ccc2cc(C(=O)c3ccc(N4CCN(C(=O)CN5CCN(CC(=O)c6ccc7ccccc7c6)CC5)CC4)cc3)oc2c1. The first kappa shape index (κ1) is 33.5. The molecule has 0 N–H and O–H groups in total. The van der Waals surface area contributed by atoms with Gasteiger partial charge in [-0.25, -0.2) is 0 Å². The van der Waals surface area contributed by atoms with E-state index >= 15 is 0 Å². The van der Waals surface area contributed by atoms with Crippen LogP contribution < -0.4 is 9.80 Å². The van der Waals surface area contributed by atoms with Crippen LogP contribution in [-0.2, 0) is 4.79 Å². The Morgan fingerprint density at radius 3 is 1.98 bits per heavy atom. The van der Waals surface area contributed by atoms with Crippen molar-refractivity contribution in [2.75, 3.05) is 88.3 Å². The van der Waals surface area contributed by atoms with Crippen LogP contribution in [0.4, 0.5) is 11.4 Å². The van der Waals surface area contributed by atoms with E-state index in [0.717, 1.165) is 85.5 Å². The molecule has 50 heavy (non-hydrogen) atoms. The van der Waals surface area contributed by atoms with Crippen LogP contribution in [0.2, 0.25) is 0 Å². The molecule has 2 aliphatic rings. The lowest BCUT2D eigenvalue weighted by Crippen LogP contribution is -2.54. The second-order valence-corrected chi connectivity index (χ2v) is 13.3. The molecule has 2 aliphatic heterocycles. The quantitative estimate of drug-likeness (QED) is 0.163. The van der Waals surface area contributed by atoms with E-state index in [1.165, 1.54) is 0 Å². The lowest BCUT2D eigenvalue weighted by Gasteiger charge is -2.38. The zero-order chi connectivity index (χ0) is 34.6. The van der Waals surface area contributed by atoms with Gasteiger partial charge in [-0.15, -0.1) is 0 Å². The number of carbonyl (C=O) groups excluding carboxylic acids is 3. The van der Waals surface area contributed by atoms with Gasteiger partial charge in [0.05, 0.1) is 13.1 Å². The summed E-state index contributed by atoms with van der Waals surface area (Å²) in [6.45, 7) is 12.7. The van der Waals surface area contributed by atoms with Gasteiger partial charge in [-0.2, -0.15) is 0 Å². The van der Waals surface area contributed by atoms with Crippen LogP contribution in [0.25, 0.3) is 21.7 Å². The summed E-state index contributed by atoms with van der Waals surface area (Å²) in [7, 11) is 0. The zero-order valence-electron chi connectivity index (χ0n) is 29.0. The van der Waals surface area contributed by atoms with Gasteiger partial charge >= 0.3 is 0 Å². The Balaban J connectivity index is 0.862. The molecule has 0 aliphatic carbocycles. The fourth-order valence-corrected chi connectivity index (χ4v) is 7.15. The largest absolute Gasteiger partial charge is 0.452 e. The lowest BCUT2D eigenvalue weighted by atomic mass is 10.0. The summed E-state index contributed by atoms with van der Waals surface area (Å²) >= 11 is 0. The number of hydrogen-bond acceptors (Lipinski definition) is 8. The maximum atomic E-state index is 13.3. The zero-order valence-corrected chi connectivity index (χ0v) is 29.0. The molecule has 0 spiro atoms. The number of rotatable bonds is 11. The minimum atomic E-state index is -0.134. The number of benzene rings is 4. The minimum Gasteiger partial charge on any atom is -0.452 e. The molecule has 5 aromatic rings. The molecule has 2 fully saturated rings. The van der Waals surface area contributed by atoms with E-state index in [1.807, 2.05) is 83.8 Å². The molecular formula is C41H45N5O4. The van der Waals surface area contributed by atoms with Crippen LogP contribution in [0.15, 0.2) is 95.4 Å². The number of furan rings is 1. The Morgan fingerprint density at radius 2 is 1.28 bits per heavy atom. The summed E-state index contributed by atoms with van der Waals surface area (Å²) in [5, 5.41) is 3.13. The maximum absolute atomic E-state index is 13.3. The van der Waals surface area contributed by atoms with Crippen LogP contribution in [0, 0.1) is 0 Å². The number of ketones is 2. The second-order valence-electron chi connectivity index (χ2n) is 13.3. The number of amides is 1. The first-order valence-electron chi connectivity index (χ1n) is 17.8. The number of hydrogen-bond donors (Lipinski definition) is 0. The van der Waals surface area contributed by atoms with Gasteiger partial charge in [0.25, 0.3) is 0 Å². The molecule has 9 heteroatoms. The predicted molar refractivity (Wildman–Crippen MR) is 200 cm³/mol. The number of nitrogens with zero attached hydrogens (tertiary/aromatic N) is 5. The van der Waals surface area contributed by atoms with Crippen molar-refractivity contribution in [3.63, 3.8) is 0 Å². The highest BCUT2D eigenvalue weighted by Gasteiger charge is 2.26. The molecule has 1 amide bonds. The fraction of sp³-hybridized carbons (Fsp3) is 0.341. The number of Topliss-reactive ketones (excluding diaryl/α,β-unsaturated/α-hetero) is 1. The molecular weight excluding hydrogens is 626 g/mol. The topological polar surface area (TPSA) is 80.6 Å². The van der Waals surface area contributed by atoms with E-state index in [0.29, 0.717) is 43.1 Å². The van der Waals surface area contributed by atoms with E-state index in [-0.39, 0.29) is 17.5 Å². The molecule has 258 valence electrons. The summed E-state index contributed by atoms with van der Waals surface area (Å²) in [4.78, 5) is 50.4. The number of fused-ring (bicyclic) bond motifs is 2. The molecule has 0 unspecified atom stereocenters. The number of carbonyl (C=O) groups is 3. The first-order valence-corrected chi connectivity index (χ1v) is 17.8. The van der Waals surface area contributed by atoms with Gasteiger partial charge in [-0.3, -0.25) is 24.2 Å². The van der Waals surface area contributed by atoms with Crippen LogP contribution in [0.3, 0.4) is 0 Å². The second kappa shape index (κ2) is 14.9. The van der Waals surface area contributed by atoms with Gasteiger partial charge in [0.15, 0.2) is 11.5 Å². The van der Waals surface area contributed by atoms with E-state index in [1.54, 1.807) is 0 Å². The predicted octanol–water partition coefficient (Wildman–Crippen LogP) is 5.81. The Hall–Kier alpha value is -4.99. The molecule has 0 radical (unpaired) electrons. The van der Waals surface area contributed by atoms with Crippen LogP contribution >= 0.6 is 0 Å². The van der Waals surface area contributed by atoms with Crippen molar-refractivity contribution in [3.05, 3.63) is 108 Å². The van der Waals surface area contributed by atoms with Crippen molar-refractivity contribution in [3.8, 4) is 0 Å². The normalized spacial score (nSPS) is 15.9. The highest BCUT2D eigenvalue weighted by molar-refractivity contribution is 6.09. The van der Waals surface area contributed by atoms with Crippen molar-refractivity contribution >= 4 is 50.6 Å². The first-order chi connectivity index (χ1) is 24.4. The third-order valence-electron chi connectivity index (χ3n) is 10.2. The fourth-order valence-electron chi connectivity index (χ4n) is 7.15. The Kier molecular flexibility index (Phi) is 9.96. The number of piperazine rings is 2. The van der Waals surface area contributed by atoms with Gasteiger partial charge < -0.3 is 19.1 Å². The standard InChI is InChI=1S/C41H45N5O4/c1-3-44(4-2)36-16-13-34-26-39(50-38(34)27-36)41(49)31-11-14-35(15-12-31)45-21-23-46(24-22-45)40(48)29-43-19-17-42(18-20-43)28-37(47)33-10-9-30-7-5-6-8-32(30)25-33/h5-16,25-27H,3-4,17-24,28-29H2,1-2H3. The molecule has 0 saturated carbocycles. The average molecular weight is 672 g/mol. The average Bonchev–Trinajstić information content (AvgIpc) is 3.59. The van der Waals surface area contributed by atoms with E-state index < -0.39 is 0 Å². The number of anilines is 2. The van der Waals surface area contributed by atoms with Crippen LogP contribution in [0.1, 0.15) is 40.3 Å².